The van der Waals surface area contributed by atoms with Crippen molar-refractivity contribution in [3.05, 3.63) is 72.2 Å². The number of anilines is 1. The Morgan fingerprint density at radius 2 is 1.72 bits per heavy atom. The van der Waals surface area contributed by atoms with Crippen LogP contribution in [0.1, 0.15) is 5.56 Å². The van der Waals surface area contributed by atoms with Crippen LogP contribution in [0.5, 0.6) is 0 Å². The van der Waals surface area contributed by atoms with Crippen LogP contribution in [0, 0.1) is 12.7 Å². The van der Waals surface area contributed by atoms with Gasteiger partial charge in [0.25, 0.3) is 0 Å². The molecule has 5 rings (SSSR count). The summed E-state index contributed by atoms with van der Waals surface area (Å²) < 4.78 is 46.0. The highest BCUT2D eigenvalue weighted by atomic mass is 32.2. The third-order valence-corrected chi connectivity index (χ3v) is 7.48. The summed E-state index contributed by atoms with van der Waals surface area (Å²) in [5.41, 5.74) is 1.89. The fraction of sp³-hybridized carbons (Fsp3) is 0.217. The van der Waals surface area contributed by atoms with E-state index in [2.05, 4.69) is 9.88 Å². The molecule has 1 aliphatic rings. The largest absolute Gasteiger partial charge is 0.461 e. The fourth-order valence-electron chi connectivity index (χ4n) is 3.88. The minimum atomic E-state index is -3.69. The predicted octanol–water partition coefficient (Wildman–Crippen LogP) is 3.85. The van der Waals surface area contributed by atoms with Crippen molar-refractivity contribution in [3.63, 3.8) is 0 Å². The number of rotatable bonds is 4. The van der Waals surface area contributed by atoms with E-state index in [9.17, 15) is 12.8 Å². The smallest absolute Gasteiger partial charge is 0.243 e. The van der Waals surface area contributed by atoms with E-state index < -0.39 is 15.8 Å². The number of hydrogen-bond acceptors (Lipinski definition) is 6. The topological polar surface area (TPSA) is 79.5 Å². The zero-order chi connectivity index (χ0) is 22.3. The van der Waals surface area contributed by atoms with Crippen molar-refractivity contribution in [1.29, 1.82) is 0 Å². The molecule has 0 unspecified atom stereocenters. The second kappa shape index (κ2) is 7.99. The molecule has 0 radical (unpaired) electrons. The van der Waals surface area contributed by atoms with Crippen LogP contribution in [0.3, 0.4) is 0 Å². The van der Waals surface area contributed by atoms with Gasteiger partial charge in [0.15, 0.2) is 11.6 Å². The van der Waals surface area contributed by atoms with Gasteiger partial charge in [0.2, 0.25) is 10.0 Å². The maximum Gasteiger partial charge on any atom is 0.243 e. The van der Waals surface area contributed by atoms with Crippen molar-refractivity contribution < 1.29 is 17.2 Å². The number of piperazine rings is 1. The predicted molar refractivity (Wildman–Crippen MR) is 119 cm³/mol. The van der Waals surface area contributed by atoms with E-state index in [1.807, 2.05) is 31.2 Å². The van der Waals surface area contributed by atoms with E-state index in [0.29, 0.717) is 37.8 Å². The first kappa shape index (κ1) is 20.6. The first-order chi connectivity index (χ1) is 15.4. The lowest BCUT2D eigenvalue weighted by Crippen LogP contribution is -2.49. The molecular weight excluding hydrogens is 431 g/mol. The maximum absolute atomic E-state index is 13.2. The SMILES string of the molecule is Cc1ccc2nc(-c3ccco3)nc(N3CCN(S(=O)(=O)c4ccc(F)cc4)CC3)c2c1. The van der Waals surface area contributed by atoms with Gasteiger partial charge in [0.1, 0.15) is 11.6 Å². The molecule has 1 saturated heterocycles. The second-order valence-electron chi connectivity index (χ2n) is 7.71. The van der Waals surface area contributed by atoms with Crippen LogP contribution >= 0.6 is 0 Å². The maximum atomic E-state index is 13.2. The van der Waals surface area contributed by atoms with Crippen LogP contribution in [0.25, 0.3) is 22.5 Å². The molecule has 4 aromatic rings. The van der Waals surface area contributed by atoms with Crippen LogP contribution in [-0.4, -0.2) is 48.9 Å². The van der Waals surface area contributed by atoms with Crippen LogP contribution in [-0.2, 0) is 10.0 Å². The fourth-order valence-corrected chi connectivity index (χ4v) is 5.30. The molecule has 0 spiro atoms. The summed E-state index contributed by atoms with van der Waals surface area (Å²) in [6.07, 6.45) is 1.58. The Bertz CT molecular complexity index is 1360. The molecule has 2 aromatic carbocycles. The van der Waals surface area contributed by atoms with Crippen molar-refractivity contribution in [3.8, 4) is 11.6 Å². The third kappa shape index (κ3) is 3.74. The lowest BCUT2D eigenvalue weighted by Gasteiger charge is -2.35. The number of sulfonamides is 1. The van der Waals surface area contributed by atoms with Gasteiger partial charge >= 0.3 is 0 Å². The molecule has 164 valence electrons. The highest BCUT2D eigenvalue weighted by Gasteiger charge is 2.30. The summed E-state index contributed by atoms with van der Waals surface area (Å²) in [5.74, 6) is 1.35. The highest BCUT2D eigenvalue weighted by molar-refractivity contribution is 7.89. The third-order valence-electron chi connectivity index (χ3n) is 5.56. The van der Waals surface area contributed by atoms with E-state index in [0.717, 1.165) is 34.4 Å². The van der Waals surface area contributed by atoms with Crippen molar-refractivity contribution in [2.24, 2.45) is 0 Å². The highest BCUT2D eigenvalue weighted by Crippen LogP contribution is 2.30. The van der Waals surface area contributed by atoms with E-state index in [1.165, 1.54) is 16.4 Å². The first-order valence-corrected chi connectivity index (χ1v) is 11.7. The quantitative estimate of drug-likeness (QED) is 0.468. The summed E-state index contributed by atoms with van der Waals surface area (Å²) in [6, 6.07) is 14.5. The number of aryl methyl sites for hydroxylation is 1. The Hall–Kier alpha value is -3.30. The molecule has 2 aromatic heterocycles. The molecule has 0 saturated carbocycles. The van der Waals surface area contributed by atoms with E-state index in [-0.39, 0.29) is 4.90 Å². The Morgan fingerprint density at radius 3 is 2.41 bits per heavy atom. The minimum absolute atomic E-state index is 0.0931. The van der Waals surface area contributed by atoms with Gasteiger partial charge in [0.05, 0.1) is 16.7 Å². The van der Waals surface area contributed by atoms with Crippen molar-refractivity contribution in [2.45, 2.75) is 11.8 Å². The molecule has 1 fully saturated rings. The average molecular weight is 453 g/mol. The average Bonchev–Trinajstić information content (AvgIpc) is 3.34. The molecule has 0 aliphatic carbocycles. The molecule has 9 heteroatoms. The van der Waals surface area contributed by atoms with Gasteiger partial charge in [-0.25, -0.2) is 22.8 Å². The summed E-state index contributed by atoms with van der Waals surface area (Å²) in [4.78, 5) is 11.6. The molecule has 0 amide bonds. The summed E-state index contributed by atoms with van der Waals surface area (Å²) in [6.45, 7) is 3.55. The Kier molecular flexibility index (Phi) is 5.15. The van der Waals surface area contributed by atoms with Gasteiger partial charge in [0, 0.05) is 31.6 Å². The van der Waals surface area contributed by atoms with Crippen LogP contribution < -0.4 is 4.90 Å². The van der Waals surface area contributed by atoms with E-state index >= 15 is 0 Å². The number of hydrogen-bond donors (Lipinski definition) is 0. The zero-order valence-corrected chi connectivity index (χ0v) is 18.2. The Balaban J connectivity index is 1.46. The van der Waals surface area contributed by atoms with Crippen molar-refractivity contribution >= 4 is 26.7 Å². The van der Waals surface area contributed by atoms with E-state index in [4.69, 9.17) is 9.40 Å². The molecular formula is C23H21FN4O3S. The molecule has 1 aliphatic heterocycles. The summed E-state index contributed by atoms with van der Waals surface area (Å²) in [7, 11) is -3.69. The van der Waals surface area contributed by atoms with Crippen LogP contribution in [0.4, 0.5) is 10.2 Å². The van der Waals surface area contributed by atoms with Gasteiger partial charge in [-0.2, -0.15) is 4.31 Å². The van der Waals surface area contributed by atoms with Gasteiger partial charge in [-0.3, -0.25) is 0 Å². The zero-order valence-electron chi connectivity index (χ0n) is 17.4. The molecule has 0 N–H and O–H groups in total. The minimum Gasteiger partial charge on any atom is -0.461 e. The monoisotopic (exact) mass is 452 g/mol. The number of aromatic nitrogens is 2. The van der Waals surface area contributed by atoms with Gasteiger partial charge < -0.3 is 9.32 Å². The molecule has 0 atom stereocenters. The van der Waals surface area contributed by atoms with E-state index in [1.54, 1.807) is 12.3 Å². The number of benzene rings is 2. The van der Waals surface area contributed by atoms with Gasteiger partial charge in [-0.15, -0.1) is 0 Å². The van der Waals surface area contributed by atoms with Crippen molar-refractivity contribution in [2.75, 3.05) is 31.1 Å². The Labute approximate surface area is 185 Å². The van der Waals surface area contributed by atoms with Crippen molar-refractivity contribution in [1.82, 2.24) is 14.3 Å². The molecule has 32 heavy (non-hydrogen) atoms. The number of furan rings is 1. The van der Waals surface area contributed by atoms with Crippen LogP contribution in [0.15, 0.2) is 70.2 Å². The number of nitrogens with zero attached hydrogens (tertiary/aromatic N) is 4. The molecule has 0 bridgehead atoms. The molecule has 3 heterocycles. The second-order valence-corrected chi connectivity index (χ2v) is 9.65. The van der Waals surface area contributed by atoms with Crippen LogP contribution in [0.2, 0.25) is 0 Å². The Morgan fingerprint density at radius 1 is 0.969 bits per heavy atom. The molecule has 7 nitrogen and oxygen atoms in total. The number of halogens is 1. The summed E-state index contributed by atoms with van der Waals surface area (Å²) in [5, 5.41) is 0.912. The normalized spacial score (nSPS) is 15.4. The lowest BCUT2D eigenvalue weighted by molar-refractivity contribution is 0.384. The van der Waals surface area contributed by atoms with Gasteiger partial charge in [-0.1, -0.05) is 11.6 Å². The number of fused-ring (bicyclic) bond motifs is 1. The summed E-state index contributed by atoms with van der Waals surface area (Å²) >= 11 is 0. The standard InChI is InChI=1S/C23H21FN4O3S/c1-16-4-9-20-19(15-16)23(26-22(25-20)21-3-2-14-31-21)27-10-12-28(13-11-27)32(29,30)18-7-5-17(24)6-8-18/h2-9,14-15H,10-13H2,1H3. The lowest BCUT2D eigenvalue weighted by atomic mass is 10.1. The van der Waals surface area contributed by atoms with Gasteiger partial charge in [-0.05, 0) is 55.5 Å². The first-order valence-electron chi connectivity index (χ1n) is 10.2.